The molecule has 1 atom stereocenters. The minimum atomic E-state index is -0.492. The predicted octanol–water partition coefficient (Wildman–Crippen LogP) is 13.9. The highest BCUT2D eigenvalue weighted by Gasteiger charge is 2.23. The van der Waals surface area contributed by atoms with Gasteiger partial charge in [-0.05, 0) is 24.0 Å². The highest BCUT2D eigenvalue weighted by atomic mass is 32.1. The van der Waals surface area contributed by atoms with Crippen LogP contribution in [-0.4, -0.2) is 16.3 Å². The van der Waals surface area contributed by atoms with Crippen LogP contribution in [0.3, 0.4) is 0 Å². The molecule has 0 bridgehead atoms. The zero-order valence-electron chi connectivity index (χ0n) is 28.3. The van der Waals surface area contributed by atoms with Gasteiger partial charge in [-0.25, -0.2) is 0 Å². The van der Waals surface area contributed by atoms with Crippen LogP contribution in [0.4, 0.5) is 0 Å². The summed E-state index contributed by atoms with van der Waals surface area (Å²) in [4.78, 5) is 0. The fourth-order valence-corrected chi connectivity index (χ4v) is 5.74. The van der Waals surface area contributed by atoms with Gasteiger partial charge in [-0.15, -0.1) is 12.6 Å². The Balaban J connectivity index is 0. The van der Waals surface area contributed by atoms with Gasteiger partial charge in [-0.2, -0.15) is 12.6 Å². The molecular weight excluding hydrogens is 525 g/mol. The summed E-state index contributed by atoms with van der Waals surface area (Å²) < 4.78 is 0. The van der Waals surface area contributed by atoms with Crippen molar-refractivity contribution in [2.45, 2.75) is 226 Å². The standard InChI is InChI=1S/C21H44OS.C16H34S/c1-4-5-6-7-8-9-10-11-12-13-14-15-16-17-18-19-21(2,3)20(22)23;1-2-3-4-5-6-7-8-9-10-11-12-13-14-15-16-17/h20,22-23H,4-19H2,1-3H3;17H,2-16H2,1H3. The van der Waals surface area contributed by atoms with Gasteiger partial charge in [0.05, 0.1) is 0 Å². The van der Waals surface area contributed by atoms with Crippen molar-refractivity contribution in [1.29, 1.82) is 0 Å². The van der Waals surface area contributed by atoms with Crippen molar-refractivity contribution in [3.05, 3.63) is 0 Å². The molecule has 0 radical (unpaired) electrons. The van der Waals surface area contributed by atoms with E-state index in [1.807, 2.05) is 0 Å². The monoisotopic (exact) mass is 603 g/mol. The minimum Gasteiger partial charge on any atom is -0.382 e. The van der Waals surface area contributed by atoms with Crippen molar-refractivity contribution in [3.8, 4) is 0 Å². The average Bonchev–Trinajstić information content (AvgIpc) is 2.93. The third-order valence-electron chi connectivity index (χ3n) is 8.64. The Kier molecular flexibility index (Phi) is 38.4. The molecule has 0 heterocycles. The third kappa shape index (κ3) is 36.7. The first-order valence-corrected chi connectivity index (χ1v) is 19.5. The van der Waals surface area contributed by atoms with E-state index in [1.54, 1.807) is 0 Å². The second-order valence-corrected chi connectivity index (χ2v) is 14.3. The van der Waals surface area contributed by atoms with Crippen LogP contribution >= 0.6 is 25.3 Å². The van der Waals surface area contributed by atoms with E-state index < -0.39 is 5.44 Å². The molecule has 0 aliphatic carbocycles. The van der Waals surface area contributed by atoms with Gasteiger partial charge in [0.1, 0.15) is 5.44 Å². The fourth-order valence-electron chi connectivity index (χ4n) is 5.39. The molecule has 3 heteroatoms. The number of thiol groups is 2. The van der Waals surface area contributed by atoms with Crippen LogP contribution in [0.5, 0.6) is 0 Å². The van der Waals surface area contributed by atoms with Crippen molar-refractivity contribution < 1.29 is 5.11 Å². The van der Waals surface area contributed by atoms with Crippen molar-refractivity contribution in [3.63, 3.8) is 0 Å². The molecule has 0 aliphatic rings. The van der Waals surface area contributed by atoms with Crippen LogP contribution in [0, 0.1) is 5.41 Å². The van der Waals surface area contributed by atoms with E-state index in [2.05, 4.69) is 53.0 Å². The van der Waals surface area contributed by atoms with E-state index in [-0.39, 0.29) is 5.41 Å². The smallest absolute Gasteiger partial charge is 0.102 e. The van der Waals surface area contributed by atoms with E-state index in [0.29, 0.717) is 0 Å². The molecule has 0 aromatic carbocycles. The van der Waals surface area contributed by atoms with Gasteiger partial charge in [-0.3, -0.25) is 0 Å². The molecule has 0 saturated heterocycles. The molecule has 0 saturated carbocycles. The number of aliphatic hydroxyl groups is 1. The van der Waals surface area contributed by atoms with Crippen LogP contribution in [0.2, 0.25) is 0 Å². The van der Waals surface area contributed by atoms with Crippen molar-refractivity contribution in [1.82, 2.24) is 0 Å². The highest BCUT2D eigenvalue weighted by molar-refractivity contribution is 7.80. The molecule has 0 aromatic heterocycles. The molecule has 1 N–H and O–H groups in total. The second-order valence-electron chi connectivity index (χ2n) is 13.4. The molecule has 0 aromatic rings. The van der Waals surface area contributed by atoms with Gasteiger partial charge in [0.15, 0.2) is 0 Å². The molecule has 1 unspecified atom stereocenters. The maximum atomic E-state index is 9.56. The summed E-state index contributed by atoms with van der Waals surface area (Å²) in [6.45, 7) is 8.78. The van der Waals surface area contributed by atoms with E-state index in [0.717, 1.165) is 12.2 Å². The Labute approximate surface area is 266 Å². The molecule has 40 heavy (non-hydrogen) atoms. The summed E-state index contributed by atoms with van der Waals surface area (Å²) in [7, 11) is 0. The Morgan fingerprint density at radius 1 is 0.425 bits per heavy atom. The topological polar surface area (TPSA) is 20.2 Å². The van der Waals surface area contributed by atoms with Gasteiger partial charge >= 0.3 is 0 Å². The highest BCUT2D eigenvalue weighted by Crippen LogP contribution is 2.30. The summed E-state index contributed by atoms with van der Waals surface area (Å²) >= 11 is 8.39. The SMILES string of the molecule is CCCCCCCCCCCCCCCCCC(C)(C)C(O)S.CCCCCCCCCCCCCCCCS. The van der Waals surface area contributed by atoms with Gasteiger partial charge in [0.2, 0.25) is 0 Å². The van der Waals surface area contributed by atoms with Crippen LogP contribution in [0.25, 0.3) is 0 Å². The first-order chi connectivity index (χ1) is 19.4. The van der Waals surface area contributed by atoms with Crippen LogP contribution < -0.4 is 0 Å². The Hall–Kier alpha value is 0.660. The number of aliphatic hydroxyl groups excluding tert-OH is 1. The molecule has 0 fully saturated rings. The Morgan fingerprint density at radius 3 is 0.875 bits per heavy atom. The quantitative estimate of drug-likeness (QED) is 0.0409. The Morgan fingerprint density at radius 2 is 0.650 bits per heavy atom. The van der Waals surface area contributed by atoms with E-state index in [4.69, 9.17) is 0 Å². The number of hydrogen-bond acceptors (Lipinski definition) is 3. The van der Waals surface area contributed by atoms with Crippen molar-refractivity contribution in [2.24, 2.45) is 5.41 Å². The van der Waals surface area contributed by atoms with Gasteiger partial charge in [0.25, 0.3) is 0 Å². The molecular formula is C37H78OS2. The van der Waals surface area contributed by atoms with Crippen LogP contribution in [0.15, 0.2) is 0 Å². The fraction of sp³-hybridized carbons (Fsp3) is 1.00. The lowest BCUT2D eigenvalue weighted by Gasteiger charge is -2.27. The first kappa shape index (κ1) is 42.8. The Bertz CT molecular complexity index is 424. The number of unbranched alkanes of at least 4 members (excludes halogenated alkanes) is 27. The average molecular weight is 603 g/mol. The molecule has 0 rings (SSSR count). The van der Waals surface area contributed by atoms with Crippen LogP contribution in [0.1, 0.15) is 220 Å². The maximum Gasteiger partial charge on any atom is 0.102 e. The molecule has 0 spiro atoms. The van der Waals surface area contributed by atoms with Crippen molar-refractivity contribution in [2.75, 3.05) is 5.75 Å². The van der Waals surface area contributed by atoms with Gasteiger partial charge in [-0.1, -0.05) is 207 Å². The lowest BCUT2D eigenvalue weighted by molar-refractivity contribution is 0.117. The van der Waals surface area contributed by atoms with Gasteiger partial charge in [0, 0.05) is 0 Å². The van der Waals surface area contributed by atoms with E-state index in [9.17, 15) is 5.11 Å². The van der Waals surface area contributed by atoms with Crippen molar-refractivity contribution >= 4 is 25.3 Å². The summed E-state index contributed by atoms with van der Waals surface area (Å²) in [6.07, 6.45) is 42.3. The number of hydrogen-bond donors (Lipinski definition) is 3. The van der Waals surface area contributed by atoms with Gasteiger partial charge < -0.3 is 5.11 Å². The third-order valence-corrected chi connectivity index (χ3v) is 9.65. The lowest BCUT2D eigenvalue weighted by Crippen LogP contribution is -2.24. The lowest BCUT2D eigenvalue weighted by atomic mass is 9.87. The summed E-state index contributed by atoms with van der Waals surface area (Å²) in [5, 5.41) is 9.56. The predicted molar refractivity (Wildman–Crippen MR) is 192 cm³/mol. The second kappa shape index (κ2) is 35.9. The first-order valence-electron chi connectivity index (χ1n) is 18.4. The molecule has 0 aliphatic heterocycles. The van der Waals surface area contributed by atoms with E-state index >= 15 is 0 Å². The zero-order chi connectivity index (χ0) is 30.0. The molecule has 0 amide bonds. The number of rotatable bonds is 31. The van der Waals surface area contributed by atoms with E-state index in [1.165, 1.54) is 186 Å². The summed E-state index contributed by atoms with van der Waals surface area (Å²) in [5.41, 5.74) is -0.534. The molecule has 1 nitrogen and oxygen atoms in total. The normalized spacial score (nSPS) is 12.4. The van der Waals surface area contributed by atoms with Crippen LogP contribution in [-0.2, 0) is 0 Å². The summed E-state index contributed by atoms with van der Waals surface area (Å²) in [5.74, 6) is 1.07. The largest absolute Gasteiger partial charge is 0.382 e. The maximum absolute atomic E-state index is 9.56. The minimum absolute atomic E-state index is 0.0420. The summed E-state index contributed by atoms with van der Waals surface area (Å²) in [6, 6.07) is 0. The zero-order valence-corrected chi connectivity index (χ0v) is 30.1. The molecule has 244 valence electrons.